The second-order valence-corrected chi connectivity index (χ2v) is 13.8. The lowest BCUT2D eigenvalue weighted by Gasteiger charge is -2.48. The summed E-state index contributed by atoms with van der Waals surface area (Å²) in [6, 6.07) is 11.6. The van der Waals surface area contributed by atoms with Gasteiger partial charge in [-0.1, -0.05) is 33.8 Å². The van der Waals surface area contributed by atoms with Crippen molar-refractivity contribution in [2.75, 3.05) is 6.54 Å². The Labute approximate surface area is 252 Å². The number of non-ortho nitro benzene ring substituents is 1. The quantitative estimate of drug-likeness (QED) is 0.262. The summed E-state index contributed by atoms with van der Waals surface area (Å²) in [5.41, 5.74) is 3.23. The van der Waals surface area contributed by atoms with Crippen LogP contribution in [-0.4, -0.2) is 39.0 Å². The minimum Gasteiger partial charge on any atom is -0.488 e. The molecule has 0 saturated carbocycles. The molecule has 220 valence electrons. The van der Waals surface area contributed by atoms with Crippen LogP contribution in [0.4, 0.5) is 5.69 Å². The Balaban J connectivity index is 1.56. The number of ether oxygens (including phenoxy) is 1. The van der Waals surface area contributed by atoms with Crippen molar-refractivity contribution in [3.8, 4) is 5.75 Å². The number of rotatable bonds is 7. The molecule has 3 aliphatic rings. The van der Waals surface area contributed by atoms with Gasteiger partial charge in [0.15, 0.2) is 11.6 Å². The third kappa shape index (κ3) is 5.77. The molecule has 2 aromatic rings. The van der Waals surface area contributed by atoms with E-state index in [1.54, 1.807) is 23.1 Å². The van der Waals surface area contributed by atoms with Crippen molar-refractivity contribution in [2.24, 2.45) is 10.8 Å². The van der Waals surface area contributed by atoms with E-state index in [1.165, 1.54) is 12.1 Å². The molecule has 0 unspecified atom stereocenters. The van der Waals surface area contributed by atoms with Crippen LogP contribution in [0.1, 0.15) is 70.4 Å². The van der Waals surface area contributed by atoms with E-state index in [2.05, 4.69) is 15.9 Å². The van der Waals surface area contributed by atoms with E-state index in [-0.39, 0.29) is 41.2 Å². The van der Waals surface area contributed by atoms with E-state index in [4.69, 9.17) is 4.74 Å². The maximum atomic E-state index is 13.8. The molecule has 0 spiro atoms. The molecule has 1 N–H and O–H groups in total. The van der Waals surface area contributed by atoms with Gasteiger partial charge >= 0.3 is 5.97 Å². The molecule has 42 heavy (non-hydrogen) atoms. The Bertz CT molecular complexity index is 1520. The fourth-order valence-electron chi connectivity index (χ4n) is 6.40. The molecule has 0 aromatic heterocycles. The standard InChI is InChI=1S/C32H33BrN2O7/c1-31(2)12-22-29(24(36)14-31)28(30-23(34(22)16-27(38)39)13-32(3,4)15-25(30)37)19-7-10-26(21(33)11-19)42-17-18-5-8-20(9-6-18)35(40)41/h5-11,28H,12-17H2,1-4H3,(H,38,39). The van der Waals surface area contributed by atoms with E-state index in [0.29, 0.717) is 58.4 Å². The Kier molecular flexibility index (Phi) is 7.64. The van der Waals surface area contributed by atoms with Crippen molar-refractivity contribution >= 4 is 39.2 Å². The fourth-order valence-corrected chi connectivity index (χ4v) is 6.91. The van der Waals surface area contributed by atoms with Crippen LogP contribution in [0.15, 0.2) is 69.5 Å². The number of ketones is 2. The SMILES string of the molecule is CC1(C)CC(=O)C2=C(C1)N(CC(=O)O)C1=C(C(=O)CC(C)(C)C1)C2c1ccc(OCc2ccc([N+](=O)[O-])cc2)c(Br)c1. The summed E-state index contributed by atoms with van der Waals surface area (Å²) in [6.07, 6.45) is 1.67. The summed E-state index contributed by atoms with van der Waals surface area (Å²) in [6.45, 7) is 7.92. The number of halogens is 1. The molecule has 2 aromatic carbocycles. The normalized spacial score (nSPS) is 19.9. The maximum Gasteiger partial charge on any atom is 0.323 e. The van der Waals surface area contributed by atoms with Gasteiger partial charge in [-0.25, -0.2) is 0 Å². The van der Waals surface area contributed by atoms with Crippen LogP contribution in [-0.2, 0) is 21.0 Å². The largest absolute Gasteiger partial charge is 0.488 e. The lowest BCUT2D eigenvalue weighted by molar-refractivity contribution is -0.384. The van der Waals surface area contributed by atoms with Gasteiger partial charge in [-0.3, -0.25) is 24.5 Å². The first kappa shape index (κ1) is 29.7. The third-order valence-corrected chi connectivity index (χ3v) is 8.77. The van der Waals surface area contributed by atoms with Gasteiger partial charge < -0.3 is 14.7 Å². The molecular formula is C32H33BrN2O7. The average molecular weight is 638 g/mol. The smallest absolute Gasteiger partial charge is 0.323 e. The predicted octanol–water partition coefficient (Wildman–Crippen LogP) is 6.71. The van der Waals surface area contributed by atoms with E-state index >= 15 is 0 Å². The third-order valence-electron chi connectivity index (χ3n) is 8.15. The molecule has 10 heteroatoms. The van der Waals surface area contributed by atoms with Gasteiger partial charge in [-0.2, -0.15) is 0 Å². The van der Waals surface area contributed by atoms with Crippen LogP contribution in [0, 0.1) is 20.9 Å². The summed E-state index contributed by atoms with van der Waals surface area (Å²) in [5.74, 6) is -1.22. The first-order chi connectivity index (χ1) is 19.7. The number of nitro benzene ring substituents is 1. The molecule has 0 bridgehead atoms. The summed E-state index contributed by atoms with van der Waals surface area (Å²) in [4.78, 5) is 51.9. The zero-order valence-corrected chi connectivity index (χ0v) is 25.6. The fraction of sp³-hybridized carbons (Fsp3) is 0.406. The van der Waals surface area contributed by atoms with Gasteiger partial charge in [0.1, 0.15) is 18.9 Å². The number of hydrogen-bond donors (Lipinski definition) is 1. The van der Waals surface area contributed by atoms with E-state index in [1.807, 2.05) is 39.8 Å². The highest BCUT2D eigenvalue weighted by Crippen LogP contribution is 2.54. The maximum absolute atomic E-state index is 13.8. The minimum atomic E-state index is -1.02. The summed E-state index contributed by atoms with van der Waals surface area (Å²) < 4.78 is 6.62. The van der Waals surface area contributed by atoms with Crippen molar-refractivity contribution in [3.05, 3.63) is 90.7 Å². The second kappa shape index (κ2) is 10.8. The minimum absolute atomic E-state index is 0.00216. The lowest BCUT2D eigenvalue weighted by Crippen LogP contribution is -2.45. The average Bonchev–Trinajstić information content (AvgIpc) is 2.87. The highest BCUT2D eigenvalue weighted by atomic mass is 79.9. The molecule has 0 radical (unpaired) electrons. The van der Waals surface area contributed by atoms with Crippen LogP contribution < -0.4 is 4.74 Å². The molecule has 2 aliphatic carbocycles. The van der Waals surface area contributed by atoms with E-state index < -0.39 is 16.8 Å². The number of aliphatic carboxylic acids is 1. The molecule has 0 amide bonds. The number of allylic oxidation sites excluding steroid dienone is 4. The number of nitro groups is 1. The summed E-state index contributed by atoms with van der Waals surface area (Å²) in [7, 11) is 0. The highest BCUT2D eigenvalue weighted by Gasteiger charge is 2.49. The summed E-state index contributed by atoms with van der Waals surface area (Å²) in [5, 5.41) is 20.8. The second-order valence-electron chi connectivity index (χ2n) is 12.9. The van der Waals surface area contributed by atoms with E-state index in [0.717, 1.165) is 11.1 Å². The van der Waals surface area contributed by atoms with Crippen molar-refractivity contribution in [1.29, 1.82) is 0 Å². The number of carbonyl (C=O) groups is 3. The van der Waals surface area contributed by atoms with Gasteiger partial charge in [0, 0.05) is 53.4 Å². The zero-order valence-electron chi connectivity index (χ0n) is 24.0. The Morgan fingerprint density at radius 3 is 2.00 bits per heavy atom. The Hall–Kier alpha value is -3.79. The predicted molar refractivity (Wildman–Crippen MR) is 159 cm³/mol. The number of carboxylic acids is 1. The first-order valence-corrected chi connectivity index (χ1v) is 14.6. The van der Waals surface area contributed by atoms with E-state index in [9.17, 15) is 29.6 Å². The van der Waals surface area contributed by atoms with Crippen LogP contribution in [0.2, 0.25) is 0 Å². The molecule has 9 nitrogen and oxygen atoms in total. The Morgan fingerprint density at radius 1 is 0.976 bits per heavy atom. The van der Waals surface area contributed by atoms with Gasteiger partial charge in [0.2, 0.25) is 0 Å². The number of nitrogens with zero attached hydrogens (tertiary/aromatic N) is 2. The van der Waals surface area contributed by atoms with Gasteiger partial charge in [0.05, 0.1) is 9.40 Å². The monoisotopic (exact) mass is 636 g/mol. The van der Waals surface area contributed by atoms with Crippen LogP contribution >= 0.6 is 15.9 Å². The zero-order chi connectivity index (χ0) is 30.6. The lowest BCUT2D eigenvalue weighted by atomic mass is 9.63. The molecule has 0 saturated heterocycles. The number of carboxylic acid groups (broad SMARTS) is 1. The molecule has 5 rings (SSSR count). The number of Topliss-reactive ketones (excluding diaryl/α,β-unsaturated/α-hetero) is 2. The number of benzene rings is 2. The van der Waals surface area contributed by atoms with Crippen molar-refractivity contribution < 1.29 is 29.2 Å². The number of hydrogen-bond acceptors (Lipinski definition) is 7. The molecule has 0 fully saturated rings. The van der Waals surface area contributed by atoms with Crippen LogP contribution in [0.25, 0.3) is 0 Å². The summed E-state index contributed by atoms with van der Waals surface area (Å²) >= 11 is 3.60. The van der Waals surface area contributed by atoms with Crippen molar-refractivity contribution in [3.63, 3.8) is 0 Å². The van der Waals surface area contributed by atoms with Crippen molar-refractivity contribution in [1.82, 2.24) is 4.90 Å². The van der Waals surface area contributed by atoms with Crippen LogP contribution in [0.5, 0.6) is 5.75 Å². The molecular weight excluding hydrogens is 604 g/mol. The first-order valence-electron chi connectivity index (χ1n) is 13.8. The van der Waals surface area contributed by atoms with Crippen LogP contribution in [0.3, 0.4) is 0 Å². The van der Waals surface area contributed by atoms with Gasteiger partial charge in [-0.05, 0) is 75.0 Å². The topological polar surface area (TPSA) is 127 Å². The Morgan fingerprint density at radius 2 is 1.52 bits per heavy atom. The molecule has 0 atom stereocenters. The van der Waals surface area contributed by atoms with Gasteiger partial charge in [-0.15, -0.1) is 0 Å². The molecule has 1 heterocycles. The number of carbonyl (C=O) groups excluding carboxylic acids is 2. The van der Waals surface area contributed by atoms with Crippen molar-refractivity contribution in [2.45, 2.75) is 65.9 Å². The molecule has 1 aliphatic heterocycles. The van der Waals surface area contributed by atoms with Gasteiger partial charge in [0.25, 0.3) is 5.69 Å². The highest BCUT2D eigenvalue weighted by molar-refractivity contribution is 9.10.